The summed E-state index contributed by atoms with van der Waals surface area (Å²) in [6, 6.07) is 9.39. The average Bonchev–Trinajstić information content (AvgIpc) is 2.26. The Labute approximate surface area is 88.7 Å². The van der Waals surface area contributed by atoms with Gasteiger partial charge in [0.1, 0.15) is 0 Å². The van der Waals surface area contributed by atoms with Gasteiger partial charge in [-0.05, 0) is 0 Å². The van der Waals surface area contributed by atoms with Gasteiger partial charge in [-0.15, -0.1) is 0 Å². The van der Waals surface area contributed by atoms with Crippen molar-refractivity contribution in [3.05, 3.63) is 41.7 Å². The summed E-state index contributed by atoms with van der Waals surface area (Å²) in [4.78, 5) is 11.1. The van der Waals surface area contributed by atoms with Gasteiger partial charge in [-0.3, -0.25) is 4.79 Å². The molecule has 0 aliphatic heterocycles. The van der Waals surface area contributed by atoms with Crippen molar-refractivity contribution in [1.82, 2.24) is 5.32 Å². The normalized spacial score (nSPS) is 11.6. The van der Waals surface area contributed by atoms with E-state index >= 15 is 0 Å². The lowest BCUT2D eigenvalue weighted by atomic mass is 10.1. The lowest BCUT2D eigenvalue weighted by Gasteiger charge is -2.11. The van der Waals surface area contributed by atoms with Gasteiger partial charge in [0, 0.05) is 12.6 Å². The fraction of sp³-hybridized carbons (Fsp3) is 0.182. The monoisotopic (exact) mass is 206 g/mol. The number of benzene rings is 1. The molecule has 1 amide bonds. The molecule has 0 heterocycles. The first-order valence-corrected chi connectivity index (χ1v) is 4.52. The van der Waals surface area contributed by atoms with Crippen LogP contribution >= 0.6 is 0 Å². The number of hydrogen-bond donors (Lipinski definition) is 2. The summed E-state index contributed by atoms with van der Waals surface area (Å²) in [5.41, 5.74) is 6.64. The molecule has 0 radical (unpaired) electrons. The highest BCUT2D eigenvalue weighted by atomic mass is 16.5. The molecule has 0 saturated carbocycles. The lowest BCUT2D eigenvalue weighted by Crippen LogP contribution is -2.21. The Kier molecular flexibility index (Phi) is 3.74. The predicted octanol–water partition coefficient (Wildman–Crippen LogP) is 0.706. The van der Waals surface area contributed by atoms with Crippen molar-refractivity contribution in [2.24, 2.45) is 5.73 Å². The van der Waals surface area contributed by atoms with Crippen LogP contribution in [0.25, 0.3) is 5.70 Å². The largest absolute Gasteiger partial charge is 0.490 e. The van der Waals surface area contributed by atoms with Crippen LogP contribution in [0.15, 0.2) is 36.1 Å². The maximum absolute atomic E-state index is 11.1. The molecule has 1 aromatic carbocycles. The molecule has 0 aliphatic rings. The fourth-order valence-electron chi connectivity index (χ4n) is 1.32. The van der Waals surface area contributed by atoms with Gasteiger partial charge >= 0.3 is 0 Å². The van der Waals surface area contributed by atoms with E-state index in [1.807, 2.05) is 30.3 Å². The third-order valence-electron chi connectivity index (χ3n) is 1.97. The predicted molar refractivity (Wildman–Crippen MR) is 58.6 cm³/mol. The second-order valence-corrected chi connectivity index (χ2v) is 2.89. The second-order valence-electron chi connectivity index (χ2n) is 2.89. The number of amides is 1. The number of hydrogen-bond acceptors (Lipinski definition) is 3. The van der Waals surface area contributed by atoms with Gasteiger partial charge in [-0.25, -0.2) is 0 Å². The Bertz CT molecular complexity index is 371. The highest BCUT2D eigenvalue weighted by Gasteiger charge is 2.13. The van der Waals surface area contributed by atoms with Gasteiger partial charge in [-0.1, -0.05) is 30.3 Å². The van der Waals surface area contributed by atoms with Crippen LogP contribution in [0.4, 0.5) is 0 Å². The zero-order valence-corrected chi connectivity index (χ0v) is 8.78. The number of nitrogens with two attached hydrogens (primary N) is 1. The first-order chi connectivity index (χ1) is 7.20. The number of methoxy groups -OCH3 is 1. The molecule has 3 N–H and O–H groups in total. The van der Waals surface area contributed by atoms with E-state index in [4.69, 9.17) is 10.5 Å². The van der Waals surface area contributed by atoms with Gasteiger partial charge in [-0.2, -0.15) is 0 Å². The minimum Gasteiger partial charge on any atom is -0.490 e. The molecule has 0 fully saturated rings. The molecule has 4 nitrogen and oxygen atoms in total. The van der Waals surface area contributed by atoms with E-state index < -0.39 is 5.91 Å². The van der Waals surface area contributed by atoms with Crippen LogP contribution in [0.1, 0.15) is 5.56 Å². The average molecular weight is 206 g/mol. The van der Waals surface area contributed by atoms with Crippen LogP contribution in [0.3, 0.4) is 0 Å². The summed E-state index contributed by atoms with van der Waals surface area (Å²) in [7, 11) is 3.13. The van der Waals surface area contributed by atoms with Gasteiger partial charge < -0.3 is 15.8 Å². The molecule has 0 spiro atoms. The summed E-state index contributed by atoms with van der Waals surface area (Å²) >= 11 is 0. The van der Waals surface area contributed by atoms with E-state index in [0.717, 1.165) is 5.56 Å². The minimum atomic E-state index is -0.592. The molecular formula is C11H14N2O2. The molecule has 0 aromatic heterocycles. The highest BCUT2D eigenvalue weighted by molar-refractivity contribution is 5.97. The third kappa shape index (κ3) is 2.49. The van der Waals surface area contributed by atoms with E-state index in [2.05, 4.69) is 5.32 Å². The minimum absolute atomic E-state index is 0.128. The van der Waals surface area contributed by atoms with Crippen LogP contribution < -0.4 is 11.1 Å². The number of carbonyl (C=O) groups is 1. The van der Waals surface area contributed by atoms with Crippen molar-refractivity contribution < 1.29 is 9.53 Å². The Balaban J connectivity index is 3.23. The standard InChI is InChI=1S/C11H14N2O2/c1-13-9(10(15-2)11(12)14)8-6-4-3-5-7-8/h3-7,13H,1-2H3,(H2,12,14)/b10-9+. The van der Waals surface area contributed by atoms with Crippen molar-refractivity contribution in [1.29, 1.82) is 0 Å². The molecule has 0 atom stereocenters. The Hall–Kier alpha value is -1.97. The second kappa shape index (κ2) is 5.05. The van der Waals surface area contributed by atoms with E-state index in [-0.39, 0.29) is 5.76 Å². The summed E-state index contributed by atoms with van der Waals surface area (Å²) < 4.78 is 4.96. The van der Waals surface area contributed by atoms with Gasteiger partial charge in [0.05, 0.1) is 12.8 Å². The first kappa shape index (κ1) is 11.1. The number of nitrogens with one attached hydrogen (secondary N) is 1. The molecule has 80 valence electrons. The SMILES string of the molecule is CN/C(=C(/OC)C(N)=O)c1ccccc1. The Morgan fingerprint density at radius 1 is 1.33 bits per heavy atom. The van der Waals surface area contributed by atoms with E-state index in [1.165, 1.54) is 7.11 Å². The maximum atomic E-state index is 11.1. The first-order valence-electron chi connectivity index (χ1n) is 4.52. The molecule has 1 rings (SSSR count). The van der Waals surface area contributed by atoms with Crippen LogP contribution in [-0.2, 0) is 9.53 Å². The summed E-state index contributed by atoms with van der Waals surface area (Å²) in [5, 5.41) is 2.90. The van der Waals surface area contributed by atoms with Crippen LogP contribution in [-0.4, -0.2) is 20.1 Å². The molecule has 0 unspecified atom stereocenters. The molecular weight excluding hydrogens is 192 g/mol. The van der Waals surface area contributed by atoms with Gasteiger partial charge in [0.2, 0.25) is 5.76 Å². The van der Waals surface area contributed by atoms with Crippen molar-refractivity contribution in [2.75, 3.05) is 14.2 Å². The molecule has 1 aromatic rings. The number of rotatable bonds is 4. The van der Waals surface area contributed by atoms with Gasteiger partial charge in [0.25, 0.3) is 5.91 Å². The zero-order valence-electron chi connectivity index (χ0n) is 8.78. The molecule has 15 heavy (non-hydrogen) atoms. The summed E-state index contributed by atoms with van der Waals surface area (Å²) in [5.74, 6) is -0.464. The van der Waals surface area contributed by atoms with E-state index in [1.54, 1.807) is 7.05 Å². The van der Waals surface area contributed by atoms with E-state index in [0.29, 0.717) is 5.70 Å². The quantitative estimate of drug-likeness (QED) is 0.563. The van der Waals surface area contributed by atoms with Crippen molar-refractivity contribution >= 4 is 11.6 Å². The molecule has 0 aliphatic carbocycles. The molecule has 4 heteroatoms. The third-order valence-corrected chi connectivity index (χ3v) is 1.97. The molecule has 0 bridgehead atoms. The van der Waals surface area contributed by atoms with Gasteiger partial charge in [0.15, 0.2) is 0 Å². The van der Waals surface area contributed by atoms with Crippen molar-refractivity contribution in [2.45, 2.75) is 0 Å². The highest BCUT2D eigenvalue weighted by Crippen LogP contribution is 2.15. The molecule has 0 saturated heterocycles. The topological polar surface area (TPSA) is 64.3 Å². The fourth-order valence-corrected chi connectivity index (χ4v) is 1.32. The zero-order chi connectivity index (χ0) is 11.3. The number of primary amides is 1. The van der Waals surface area contributed by atoms with Crippen LogP contribution in [0.5, 0.6) is 0 Å². The maximum Gasteiger partial charge on any atom is 0.285 e. The Morgan fingerprint density at radius 3 is 2.33 bits per heavy atom. The van der Waals surface area contributed by atoms with E-state index in [9.17, 15) is 4.79 Å². The van der Waals surface area contributed by atoms with Crippen LogP contribution in [0, 0.1) is 0 Å². The number of ether oxygens (including phenoxy) is 1. The summed E-state index contributed by atoms with van der Waals surface area (Å²) in [6.07, 6.45) is 0. The number of carbonyl (C=O) groups excluding carboxylic acids is 1. The van der Waals surface area contributed by atoms with Crippen molar-refractivity contribution in [3.63, 3.8) is 0 Å². The van der Waals surface area contributed by atoms with Crippen LogP contribution in [0.2, 0.25) is 0 Å². The van der Waals surface area contributed by atoms with Crippen molar-refractivity contribution in [3.8, 4) is 0 Å². The smallest absolute Gasteiger partial charge is 0.285 e. The lowest BCUT2D eigenvalue weighted by molar-refractivity contribution is -0.117. The summed E-state index contributed by atoms with van der Waals surface area (Å²) in [6.45, 7) is 0. The Morgan fingerprint density at radius 2 is 1.93 bits per heavy atom.